The third kappa shape index (κ3) is 2.67. The summed E-state index contributed by atoms with van der Waals surface area (Å²) in [6.07, 6.45) is 2.04. The van der Waals surface area contributed by atoms with Crippen molar-refractivity contribution in [1.82, 2.24) is 10.6 Å². The third-order valence-electron chi connectivity index (χ3n) is 3.46. The predicted octanol–water partition coefficient (Wildman–Crippen LogP) is 1.51. The molecule has 1 saturated heterocycles. The van der Waals surface area contributed by atoms with E-state index in [2.05, 4.69) is 10.6 Å². The molecule has 2 unspecified atom stereocenters. The van der Waals surface area contributed by atoms with Gasteiger partial charge in [-0.1, -0.05) is 0 Å². The first-order chi connectivity index (χ1) is 7.46. The second-order valence-electron chi connectivity index (χ2n) is 5.91. The van der Waals surface area contributed by atoms with Crippen LogP contribution in [0.15, 0.2) is 0 Å². The Balaban J connectivity index is 1.83. The van der Waals surface area contributed by atoms with Gasteiger partial charge in [0.1, 0.15) is 5.60 Å². The lowest BCUT2D eigenvalue weighted by atomic mass is 9.98. The molecule has 1 saturated carbocycles. The molecule has 1 heterocycles. The summed E-state index contributed by atoms with van der Waals surface area (Å²) in [4.78, 5) is 11.6. The molecule has 0 aromatic carbocycles. The largest absolute Gasteiger partial charge is 0.444 e. The summed E-state index contributed by atoms with van der Waals surface area (Å²) in [6, 6.07) is 0.301. The summed E-state index contributed by atoms with van der Waals surface area (Å²) in [6.45, 7) is 7.81. The molecule has 2 aliphatic rings. The second-order valence-corrected chi connectivity index (χ2v) is 5.91. The lowest BCUT2D eigenvalue weighted by Crippen LogP contribution is -2.42. The van der Waals surface area contributed by atoms with E-state index in [0.29, 0.717) is 12.0 Å². The highest BCUT2D eigenvalue weighted by Gasteiger charge is 2.40. The highest BCUT2D eigenvalue weighted by Crippen LogP contribution is 2.34. The summed E-state index contributed by atoms with van der Waals surface area (Å²) in [5.41, 5.74) is -0.407. The van der Waals surface area contributed by atoms with E-state index in [-0.39, 0.29) is 6.09 Å². The predicted molar refractivity (Wildman–Crippen MR) is 62.2 cm³/mol. The van der Waals surface area contributed by atoms with Crippen molar-refractivity contribution in [3.05, 3.63) is 0 Å². The normalized spacial score (nSPS) is 33.6. The minimum atomic E-state index is -0.407. The van der Waals surface area contributed by atoms with E-state index >= 15 is 0 Å². The van der Waals surface area contributed by atoms with Crippen molar-refractivity contribution >= 4 is 6.09 Å². The molecular weight excluding hydrogens is 204 g/mol. The van der Waals surface area contributed by atoms with Gasteiger partial charge in [-0.05, 0) is 52.0 Å². The van der Waals surface area contributed by atoms with Crippen LogP contribution in [-0.2, 0) is 4.74 Å². The van der Waals surface area contributed by atoms with E-state index in [4.69, 9.17) is 4.74 Å². The van der Waals surface area contributed by atoms with Crippen molar-refractivity contribution in [2.75, 3.05) is 13.1 Å². The molecule has 0 bridgehead atoms. The SMILES string of the molecule is CC(C)(C)OC(=O)NC1CCC2CNC[C@H]21. The zero-order valence-corrected chi connectivity index (χ0v) is 10.4. The van der Waals surface area contributed by atoms with Crippen LogP contribution in [0.25, 0.3) is 0 Å². The Bertz CT molecular complexity index is 273. The van der Waals surface area contributed by atoms with Gasteiger partial charge in [0.05, 0.1) is 0 Å². The van der Waals surface area contributed by atoms with Gasteiger partial charge in [-0.2, -0.15) is 0 Å². The first kappa shape index (κ1) is 11.7. The Hall–Kier alpha value is -0.770. The van der Waals surface area contributed by atoms with Gasteiger partial charge in [-0.25, -0.2) is 4.79 Å². The lowest BCUT2D eigenvalue weighted by Gasteiger charge is -2.24. The maximum atomic E-state index is 11.6. The minimum absolute atomic E-state index is 0.273. The van der Waals surface area contributed by atoms with Crippen molar-refractivity contribution in [2.45, 2.75) is 45.3 Å². The van der Waals surface area contributed by atoms with Gasteiger partial charge in [0.25, 0.3) is 0 Å². The zero-order valence-electron chi connectivity index (χ0n) is 10.4. The molecule has 3 atom stereocenters. The number of fused-ring (bicyclic) bond motifs is 1. The standard InChI is InChI=1S/C12H22N2O2/c1-12(2,3)16-11(15)14-10-5-4-8-6-13-7-9(8)10/h8-10,13H,4-7H2,1-3H3,(H,14,15)/t8?,9-,10?/m1/s1. The number of hydrogen-bond acceptors (Lipinski definition) is 3. The number of ether oxygens (including phenoxy) is 1. The van der Waals surface area contributed by atoms with Gasteiger partial charge in [-0.15, -0.1) is 0 Å². The number of hydrogen-bond donors (Lipinski definition) is 2. The minimum Gasteiger partial charge on any atom is -0.444 e. The fourth-order valence-corrected chi connectivity index (χ4v) is 2.79. The molecule has 2 rings (SSSR count). The molecule has 0 radical (unpaired) electrons. The molecule has 2 N–H and O–H groups in total. The maximum Gasteiger partial charge on any atom is 0.407 e. The third-order valence-corrected chi connectivity index (χ3v) is 3.46. The van der Waals surface area contributed by atoms with Crippen LogP contribution in [-0.4, -0.2) is 30.8 Å². The van der Waals surface area contributed by atoms with Crippen LogP contribution >= 0.6 is 0 Å². The number of carbonyl (C=O) groups excluding carboxylic acids is 1. The second kappa shape index (κ2) is 4.24. The van der Waals surface area contributed by atoms with Crippen molar-refractivity contribution in [3.63, 3.8) is 0 Å². The van der Waals surface area contributed by atoms with Crippen LogP contribution in [0.5, 0.6) is 0 Å². The van der Waals surface area contributed by atoms with Crippen molar-refractivity contribution in [1.29, 1.82) is 0 Å². The first-order valence-electron chi connectivity index (χ1n) is 6.16. The lowest BCUT2D eigenvalue weighted by molar-refractivity contribution is 0.0493. The number of rotatable bonds is 1. The van der Waals surface area contributed by atoms with Crippen molar-refractivity contribution in [3.8, 4) is 0 Å². The Morgan fingerprint density at radius 3 is 2.75 bits per heavy atom. The molecule has 2 fully saturated rings. The summed E-state index contributed by atoms with van der Waals surface area (Å²) < 4.78 is 5.28. The van der Waals surface area contributed by atoms with Crippen LogP contribution in [0.3, 0.4) is 0 Å². The molecular formula is C12H22N2O2. The van der Waals surface area contributed by atoms with Crippen LogP contribution in [0, 0.1) is 11.8 Å². The topological polar surface area (TPSA) is 50.4 Å². The summed E-state index contributed by atoms with van der Waals surface area (Å²) >= 11 is 0. The highest BCUT2D eigenvalue weighted by atomic mass is 16.6. The average molecular weight is 226 g/mol. The fourth-order valence-electron chi connectivity index (χ4n) is 2.79. The first-order valence-corrected chi connectivity index (χ1v) is 6.16. The summed E-state index contributed by atoms with van der Waals surface area (Å²) in [5, 5.41) is 6.39. The summed E-state index contributed by atoms with van der Waals surface area (Å²) in [7, 11) is 0. The van der Waals surface area contributed by atoms with Gasteiger partial charge >= 0.3 is 6.09 Å². The number of carbonyl (C=O) groups is 1. The quantitative estimate of drug-likeness (QED) is 0.712. The molecule has 1 aliphatic carbocycles. The van der Waals surface area contributed by atoms with Gasteiger partial charge in [-0.3, -0.25) is 0 Å². The van der Waals surface area contributed by atoms with E-state index < -0.39 is 5.60 Å². The molecule has 92 valence electrons. The Labute approximate surface area is 97.1 Å². The molecule has 4 nitrogen and oxygen atoms in total. The summed E-state index contributed by atoms with van der Waals surface area (Å²) in [5.74, 6) is 1.35. The van der Waals surface area contributed by atoms with Crippen molar-refractivity contribution in [2.24, 2.45) is 11.8 Å². The number of amides is 1. The fraction of sp³-hybridized carbons (Fsp3) is 0.917. The van der Waals surface area contributed by atoms with Gasteiger partial charge in [0.15, 0.2) is 0 Å². The van der Waals surface area contributed by atoms with Crippen LogP contribution in [0.4, 0.5) is 4.79 Å². The van der Waals surface area contributed by atoms with E-state index in [1.807, 2.05) is 20.8 Å². The molecule has 0 aromatic rings. The number of alkyl carbamates (subject to hydrolysis) is 1. The maximum absolute atomic E-state index is 11.6. The van der Waals surface area contributed by atoms with E-state index in [0.717, 1.165) is 25.4 Å². The van der Waals surface area contributed by atoms with Crippen LogP contribution in [0.2, 0.25) is 0 Å². The zero-order chi connectivity index (χ0) is 11.8. The number of nitrogens with one attached hydrogen (secondary N) is 2. The Morgan fingerprint density at radius 1 is 1.31 bits per heavy atom. The van der Waals surface area contributed by atoms with Crippen LogP contribution < -0.4 is 10.6 Å². The van der Waals surface area contributed by atoms with Crippen LogP contribution in [0.1, 0.15) is 33.6 Å². The molecule has 1 aliphatic heterocycles. The Morgan fingerprint density at radius 2 is 2.06 bits per heavy atom. The van der Waals surface area contributed by atoms with Gasteiger partial charge in [0, 0.05) is 12.6 Å². The smallest absolute Gasteiger partial charge is 0.407 e. The molecule has 0 aromatic heterocycles. The Kier molecular flexibility index (Phi) is 3.10. The van der Waals surface area contributed by atoms with Gasteiger partial charge in [0.2, 0.25) is 0 Å². The van der Waals surface area contributed by atoms with E-state index in [9.17, 15) is 4.79 Å². The molecule has 4 heteroatoms. The van der Waals surface area contributed by atoms with E-state index in [1.165, 1.54) is 6.42 Å². The van der Waals surface area contributed by atoms with E-state index in [1.54, 1.807) is 0 Å². The average Bonchev–Trinajstić information content (AvgIpc) is 2.66. The molecule has 16 heavy (non-hydrogen) atoms. The monoisotopic (exact) mass is 226 g/mol. The van der Waals surface area contributed by atoms with Gasteiger partial charge < -0.3 is 15.4 Å². The van der Waals surface area contributed by atoms with Crippen molar-refractivity contribution < 1.29 is 9.53 Å². The highest BCUT2D eigenvalue weighted by molar-refractivity contribution is 5.68. The molecule has 0 spiro atoms. The molecule has 1 amide bonds.